The summed E-state index contributed by atoms with van der Waals surface area (Å²) in [5, 5.41) is 13.5. The van der Waals surface area contributed by atoms with Crippen LogP contribution in [0.25, 0.3) is 5.70 Å². The predicted octanol–water partition coefficient (Wildman–Crippen LogP) is 5.07. The summed E-state index contributed by atoms with van der Waals surface area (Å²) in [6.07, 6.45) is 4.53. The molecule has 0 aliphatic carbocycles. The molecule has 1 aromatic carbocycles. The summed E-state index contributed by atoms with van der Waals surface area (Å²) in [4.78, 5) is 9.01. The van der Waals surface area contributed by atoms with Crippen LogP contribution in [0.5, 0.6) is 5.75 Å². The van der Waals surface area contributed by atoms with Gasteiger partial charge in [0.25, 0.3) is 0 Å². The molecule has 1 heterocycles. The predicted molar refractivity (Wildman–Crippen MR) is 103 cm³/mol. The second-order valence-corrected chi connectivity index (χ2v) is 6.72. The van der Waals surface area contributed by atoms with Crippen molar-refractivity contribution in [3.05, 3.63) is 59.4 Å². The molecule has 4 nitrogen and oxygen atoms in total. The van der Waals surface area contributed by atoms with Gasteiger partial charge in [-0.25, -0.2) is 14.4 Å². The van der Waals surface area contributed by atoms with Gasteiger partial charge in [-0.05, 0) is 31.0 Å². The van der Waals surface area contributed by atoms with E-state index in [0.29, 0.717) is 23.6 Å². The third kappa shape index (κ3) is 5.28. The Labute approximate surface area is 155 Å². The molecule has 2 rings (SSSR count). The van der Waals surface area contributed by atoms with E-state index in [4.69, 9.17) is 0 Å². The molecular weight excluding hydrogens is 329 g/mol. The maximum Gasteiger partial charge on any atom is 0.164 e. The van der Waals surface area contributed by atoms with Crippen LogP contribution < -0.4 is 5.32 Å². The second kappa shape index (κ2) is 9.32. The highest BCUT2D eigenvalue weighted by Crippen LogP contribution is 2.27. The highest BCUT2D eigenvalue weighted by Gasteiger charge is 2.17. The molecule has 0 aliphatic heterocycles. The van der Waals surface area contributed by atoms with E-state index >= 15 is 0 Å². The van der Waals surface area contributed by atoms with Gasteiger partial charge in [-0.3, -0.25) is 0 Å². The zero-order chi connectivity index (χ0) is 19.1. The van der Waals surface area contributed by atoms with Crippen LogP contribution in [0.1, 0.15) is 68.2 Å². The van der Waals surface area contributed by atoms with Gasteiger partial charge < -0.3 is 10.4 Å². The van der Waals surface area contributed by atoms with Crippen LogP contribution >= 0.6 is 0 Å². The number of unbranched alkanes of at least 4 members (excludes halogenated alkanes) is 2. The fraction of sp³-hybridized carbons (Fsp3) is 0.429. The number of benzene rings is 1. The molecular formula is C21H28FN3O. The zero-order valence-corrected chi connectivity index (χ0v) is 15.8. The van der Waals surface area contributed by atoms with Crippen LogP contribution in [0.4, 0.5) is 4.39 Å². The van der Waals surface area contributed by atoms with Gasteiger partial charge in [0.05, 0.1) is 11.4 Å². The first-order valence-corrected chi connectivity index (χ1v) is 9.17. The molecule has 5 heteroatoms. The first kappa shape index (κ1) is 19.9. The van der Waals surface area contributed by atoms with Gasteiger partial charge in [0, 0.05) is 12.5 Å². The van der Waals surface area contributed by atoms with Crippen LogP contribution in [-0.4, -0.2) is 15.1 Å². The third-order valence-electron chi connectivity index (χ3n) is 4.46. The average Bonchev–Trinajstić information content (AvgIpc) is 2.63. The molecule has 2 N–H and O–H groups in total. The van der Waals surface area contributed by atoms with E-state index in [1.165, 1.54) is 25.0 Å². The first-order valence-electron chi connectivity index (χ1n) is 9.17. The van der Waals surface area contributed by atoms with Gasteiger partial charge in [-0.2, -0.15) is 0 Å². The quantitative estimate of drug-likeness (QED) is 0.615. The van der Waals surface area contributed by atoms with Gasteiger partial charge in [-0.15, -0.1) is 0 Å². The van der Waals surface area contributed by atoms with E-state index in [1.54, 1.807) is 19.1 Å². The minimum Gasteiger partial charge on any atom is -0.504 e. The number of aryl methyl sites for hydroxylation is 1. The first-order chi connectivity index (χ1) is 12.4. The van der Waals surface area contributed by atoms with Crippen LogP contribution in [0, 0.1) is 12.7 Å². The monoisotopic (exact) mass is 357 g/mol. The van der Waals surface area contributed by atoms with Gasteiger partial charge in [-0.1, -0.05) is 51.8 Å². The van der Waals surface area contributed by atoms with Crippen molar-refractivity contribution in [2.75, 3.05) is 0 Å². The Morgan fingerprint density at radius 2 is 1.92 bits per heavy atom. The van der Waals surface area contributed by atoms with E-state index in [0.717, 1.165) is 24.2 Å². The van der Waals surface area contributed by atoms with Crippen molar-refractivity contribution < 1.29 is 9.50 Å². The minimum atomic E-state index is -0.265. The largest absolute Gasteiger partial charge is 0.504 e. The number of aromatic hydroxyl groups is 1. The molecule has 26 heavy (non-hydrogen) atoms. The van der Waals surface area contributed by atoms with E-state index < -0.39 is 0 Å². The molecule has 1 unspecified atom stereocenters. The maximum atomic E-state index is 13.0. The summed E-state index contributed by atoms with van der Waals surface area (Å²) in [6, 6.07) is 6.26. The molecule has 1 atom stereocenters. The van der Waals surface area contributed by atoms with Crippen molar-refractivity contribution in [2.45, 2.75) is 58.9 Å². The molecule has 1 aromatic heterocycles. The van der Waals surface area contributed by atoms with Crippen LogP contribution in [0.3, 0.4) is 0 Å². The molecule has 140 valence electrons. The Hall–Kier alpha value is -2.43. The fourth-order valence-corrected chi connectivity index (χ4v) is 2.74. The highest BCUT2D eigenvalue weighted by molar-refractivity contribution is 5.64. The second-order valence-electron chi connectivity index (χ2n) is 6.72. The number of nitrogens with one attached hydrogen (secondary N) is 1. The molecule has 0 amide bonds. The van der Waals surface area contributed by atoms with E-state index in [9.17, 15) is 9.50 Å². The number of hydrogen-bond donors (Lipinski definition) is 2. The van der Waals surface area contributed by atoms with Crippen molar-refractivity contribution in [3.63, 3.8) is 0 Å². The lowest BCUT2D eigenvalue weighted by molar-refractivity contribution is 0.457. The van der Waals surface area contributed by atoms with Crippen molar-refractivity contribution >= 4 is 5.70 Å². The Morgan fingerprint density at radius 1 is 1.23 bits per heavy atom. The van der Waals surface area contributed by atoms with Crippen LogP contribution in [-0.2, 0) is 6.54 Å². The van der Waals surface area contributed by atoms with Crippen molar-refractivity contribution in [3.8, 4) is 5.75 Å². The summed E-state index contributed by atoms with van der Waals surface area (Å²) in [6.45, 7) is 10.5. The number of rotatable bonds is 9. The van der Waals surface area contributed by atoms with Crippen LogP contribution in [0.15, 0.2) is 30.8 Å². The molecule has 0 saturated carbocycles. The van der Waals surface area contributed by atoms with E-state index in [2.05, 4.69) is 35.7 Å². The van der Waals surface area contributed by atoms with Gasteiger partial charge in [0.15, 0.2) is 5.75 Å². The maximum absolute atomic E-state index is 13.0. The van der Waals surface area contributed by atoms with Crippen molar-refractivity contribution in [1.29, 1.82) is 0 Å². The molecule has 0 fully saturated rings. The molecule has 0 aliphatic rings. The molecule has 0 spiro atoms. The Balaban J connectivity index is 2.11. The molecule has 2 aromatic rings. The normalized spacial score (nSPS) is 12.0. The number of hydrogen-bond acceptors (Lipinski definition) is 4. The summed E-state index contributed by atoms with van der Waals surface area (Å²) >= 11 is 0. The van der Waals surface area contributed by atoms with E-state index in [-0.39, 0.29) is 17.5 Å². The highest BCUT2D eigenvalue weighted by atomic mass is 19.1. The molecule has 0 radical (unpaired) electrons. The van der Waals surface area contributed by atoms with Gasteiger partial charge >= 0.3 is 0 Å². The average molecular weight is 357 g/mol. The summed E-state index contributed by atoms with van der Waals surface area (Å²) in [5.74, 6) is 0.741. The Bertz CT molecular complexity index is 744. The summed E-state index contributed by atoms with van der Waals surface area (Å²) < 4.78 is 13.0. The zero-order valence-electron chi connectivity index (χ0n) is 15.8. The lowest BCUT2D eigenvalue weighted by atomic mass is 10.0. The van der Waals surface area contributed by atoms with Crippen LogP contribution in [0.2, 0.25) is 0 Å². The topological polar surface area (TPSA) is 58.0 Å². The fourth-order valence-electron chi connectivity index (χ4n) is 2.74. The third-order valence-corrected chi connectivity index (χ3v) is 4.46. The minimum absolute atomic E-state index is 0.0473. The Kier molecular flexibility index (Phi) is 7.13. The lowest BCUT2D eigenvalue weighted by Crippen LogP contribution is -2.14. The molecule has 0 bridgehead atoms. The van der Waals surface area contributed by atoms with Crippen molar-refractivity contribution in [2.24, 2.45) is 0 Å². The standard InChI is InChI=1S/C21H28FN3O/c1-5-6-7-8-14(2)21-24-16(4)20(26)19(25-21)15(3)23-13-17-9-11-18(22)12-10-17/h9-12,14,23,26H,3,5-8,13H2,1-2,4H3. The Morgan fingerprint density at radius 3 is 2.58 bits per heavy atom. The van der Waals surface area contributed by atoms with Gasteiger partial charge in [0.1, 0.15) is 17.3 Å². The van der Waals surface area contributed by atoms with E-state index in [1.807, 2.05) is 0 Å². The summed E-state index contributed by atoms with van der Waals surface area (Å²) in [5.41, 5.74) is 2.43. The smallest absolute Gasteiger partial charge is 0.164 e. The number of nitrogens with zero attached hydrogens (tertiary/aromatic N) is 2. The van der Waals surface area contributed by atoms with Gasteiger partial charge in [0.2, 0.25) is 0 Å². The lowest BCUT2D eigenvalue weighted by Gasteiger charge is -2.16. The SMILES string of the molecule is C=C(NCc1ccc(F)cc1)c1nc(C(C)CCCCC)nc(C)c1O. The molecule has 0 saturated heterocycles. The summed E-state index contributed by atoms with van der Waals surface area (Å²) in [7, 11) is 0. The van der Waals surface area contributed by atoms with Crippen molar-refractivity contribution in [1.82, 2.24) is 15.3 Å². The number of halogens is 1. The number of aromatic nitrogens is 2.